The zero-order valence-corrected chi connectivity index (χ0v) is 23.3. The van der Waals surface area contributed by atoms with Gasteiger partial charge >= 0.3 is 140 Å². The molecule has 2 aliphatic rings. The van der Waals surface area contributed by atoms with E-state index in [1.807, 2.05) is 36.0 Å². The fourth-order valence-corrected chi connectivity index (χ4v) is 9.98. The van der Waals surface area contributed by atoms with Gasteiger partial charge in [-0.3, -0.25) is 4.90 Å². The summed E-state index contributed by atoms with van der Waals surface area (Å²) >= 11 is 1.34. The fraction of sp³-hybridized carbons (Fsp3) is 0.556. The van der Waals surface area contributed by atoms with Gasteiger partial charge in [0.2, 0.25) is 0 Å². The van der Waals surface area contributed by atoms with Crippen LogP contribution in [0.15, 0.2) is 48.5 Å². The van der Waals surface area contributed by atoms with Crippen molar-refractivity contribution >= 4 is 31.6 Å². The number of nitrogens with zero attached hydrogens (tertiary/aromatic N) is 1. The Hall–Kier alpha value is -1.00. The predicted molar refractivity (Wildman–Crippen MR) is 152 cm³/mol. The van der Waals surface area contributed by atoms with Crippen molar-refractivity contribution in [2.75, 3.05) is 57.6 Å². The van der Waals surface area contributed by atoms with Gasteiger partial charge in [-0.1, -0.05) is 0 Å². The number of hydrogen-bond donors (Lipinski definition) is 1. The molecule has 2 aromatic carbocycles. The van der Waals surface area contributed by atoms with Crippen molar-refractivity contribution in [3.8, 4) is 11.5 Å². The average Bonchev–Trinajstić information content (AvgIpc) is 3.66. The van der Waals surface area contributed by atoms with Crippen LogP contribution in [0.4, 0.5) is 0 Å². The molecule has 0 spiro atoms. The molecule has 0 aromatic heterocycles. The maximum atomic E-state index is 10.3. The molecule has 4 rings (SSSR count). The summed E-state index contributed by atoms with van der Waals surface area (Å²) < 4.78 is 15.7. The van der Waals surface area contributed by atoms with Crippen molar-refractivity contribution in [1.82, 2.24) is 4.90 Å². The van der Waals surface area contributed by atoms with Gasteiger partial charge in [0.1, 0.15) is 18.5 Å². The van der Waals surface area contributed by atoms with Gasteiger partial charge < -0.3 is 9.84 Å². The van der Waals surface area contributed by atoms with E-state index in [2.05, 4.69) is 43.0 Å². The molecule has 3 N–H and O–H groups in total. The summed E-state index contributed by atoms with van der Waals surface area (Å²) in [6, 6.07) is 16.5. The minimum absolute atomic E-state index is 0.0606. The van der Waals surface area contributed by atoms with Gasteiger partial charge in [0.15, 0.2) is 0 Å². The summed E-state index contributed by atoms with van der Waals surface area (Å²) in [4.78, 5) is 2.31. The van der Waals surface area contributed by atoms with E-state index in [-0.39, 0.29) is 11.5 Å². The Bertz CT molecular complexity index is 883. The number of thioether (sulfide) groups is 1. The Morgan fingerprint density at radius 1 is 0.941 bits per heavy atom. The second-order valence-electron chi connectivity index (χ2n) is 9.66. The van der Waals surface area contributed by atoms with Gasteiger partial charge in [-0.2, -0.15) is 11.8 Å². The van der Waals surface area contributed by atoms with Crippen LogP contribution in [-0.4, -0.2) is 85.0 Å². The third-order valence-corrected chi connectivity index (χ3v) is 12.3. The van der Waals surface area contributed by atoms with Crippen LogP contribution in [0.5, 0.6) is 11.5 Å². The molecule has 2 saturated heterocycles. The van der Waals surface area contributed by atoms with Gasteiger partial charge in [0.25, 0.3) is 0 Å². The topological polar surface area (TPSA) is 64.8 Å². The maximum absolute atomic E-state index is 10.3. The summed E-state index contributed by atoms with van der Waals surface area (Å²) in [5.74, 6) is 3.93. The molecule has 0 bridgehead atoms. The molecule has 2 fully saturated rings. The first-order chi connectivity index (χ1) is 16.4. The zero-order chi connectivity index (χ0) is 24.0. The summed E-state index contributed by atoms with van der Waals surface area (Å²) in [5, 5.41) is 18.5. The number of aliphatic hydroxyl groups is 1. The monoisotopic (exact) mass is 600 g/mol. The molecule has 0 aliphatic carbocycles. The minimum atomic E-state index is -0.642. The Morgan fingerprint density at radius 3 is 2.00 bits per heavy atom. The normalized spacial score (nSPS) is 19.5. The number of benzene rings is 2. The van der Waals surface area contributed by atoms with Crippen LogP contribution in [0.25, 0.3) is 0 Å². The number of halogens is 1. The second kappa shape index (κ2) is 12.3. The standard InChI is InChI=1S/C27H38INO4S/c1-27(2,21-3-7-25(8-4-21)32-19-23(30)17-28-11-12-28)22-5-9-26(10-6-22)33-20-24(31)18-29-13-15-34-16-14-29/h3-10,23-24,30-31H,11-20H2,1-2H3/p+1. The third kappa shape index (κ3) is 7.75. The van der Waals surface area contributed by atoms with Crippen molar-refractivity contribution in [1.29, 1.82) is 0 Å². The number of rotatable bonds is 12. The van der Waals surface area contributed by atoms with Crippen LogP contribution >= 0.6 is 31.6 Å². The average molecular weight is 601 g/mol. The van der Waals surface area contributed by atoms with Crippen LogP contribution in [0.1, 0.15) is 25.0 Å². The van der Waals surface area contributed by atoms with E-state index in [0.717, 1.165) is 40.5 Å². The van der Waals surface area contributed by atoms with Crippen LogP contribution in [0.3, 0.4) is 0 Å². The van der Waals surface area contributed by atoms with E-state index in [0.29, 0.717) is 19.8 Å². The Balaban J connectivity index is 1.26. The van der Waals surface area contributed by atoms with E-state index in [4.69, 9.17) is 14.6 Å². The van der Waals surface area contributed by atoms with Crippen LogP contribution in [0.2, 0.25) is 0 Å². The summed E-state index contributed by atoms with van der Waals surface area (Å²) in [5.41, 5.74) is 2.28. The van der Waals surface area contributed by atoms with Crippen molar-refractivity contribution in [3.05, 3.63) is 59.7 Å². The van der Waals surface area contributed by atoms with Crippen LogP contribution in [0, 0.1) is 0 Å². The molecule has 0 radical (unpaired) electrons. The van der Waals surface area contributed by atoms with Crippen molar-refractivity contribution in [2.45, 2.75) is 31.5 Å². The van der Waals surface area contributed by atoms with E-state index in [1.54, 1.807) is 0 Å². The van der Waals surface area contributed by atoms with Gasteiger partial charge in [-0.25, -0.2) is 0 Å². The van der Waals surface area contributed by atoms with E-state index in [9.17, 15) is 5.11 Å². The Kier molecular flexibility index (Phi) is 9.43. The second-order valence-corrected chi connectivity index (χ2v) is 17.2. The number of alkyl halides is 3. The summed E-state index contributed by atoms with van der Waals surface area (Å²) in [7, 11) is 0. The molecule has 188 valence electrons. The summed E-state index contributed by atoms with van der Waals surface area (Å²) in [6.07, 6.45) is -0.532. The van der Waals surface area contributed by atoms with Crippen LogP contribution < -0.4 is 9.47 Å². The Morgan fingerprint density at radius 2 is 1.47 bits per heavy atom. The molecular weight excluding hydrogens is 561 g/mol. The molecule has 5 nitrogen and oxygen atoms in total. The molecule has 34 heavy (non-hydrogen) atoms. The molecule has 2 atom stereocenters. The van der Waals surface area contributed by atoms with Gasteiger partial charge in [0, 0.05) is 31.1 Å². The summed E-state index contributed by atoms with van der Waals surface area (Å²) in [6.45, 7) is 8.04. The first-order valence-corrected chi connectivity index (χ1v) is 17.9. The van der Waals surface area contributed by atoms with E-state index < -0.39 is 25.9 Å². The molecule has 0 saturated carbocycles. The molecule has 2 aliphatic heterocycles. The number of β-amino-alcohol motifs (C(OH)–C–C–N with tert-alkyl or cyclic N) is 1. The predicted octanol–water partition coefficient (Wildman–Crippen LogP) is 3.79. The third-order valence-electron chi connectivity index (χ3n) is 6.48. The van der Waals surface area contributed by atoms with Gasteiger partial charge in [0.05, 0.1) is 0 Å². The molecule has 0 amide bonds. The zero-order valence-electron chi connectivity index (χ0n) is 20.3. The number of aliphatic hydroxyl groups excluding tert-OH is 1. The molecule has 2 heterocycles. The molecule has 7 heteroatoms. The van der Waals surface area contributed by atoms with Gasteiger partial charge in [-0.15, -0.1) is 0 Å². The van der Waals surface area contributed by atoms with E-state index in [1.165, 1.54) is 20.0 Å². The Labute approximate surface area is 215 Å². The van der Waals surface area contributed by atoms with Crippen molar-refractivity contribution in [2.24, 2.45) is 0 Å². The quantitative estimate of drug-likeness (QED) is 0.228. The first-order valence-electron chi connectivity index (χ1n) is 12.1. The van der Waals surface area contributed by atoms with E-state index >= 15 is 0 Å². The SMILES string of the molecule is CC(C)(c1ccc(OCC(O)CN2CCSCC2)cc1)c1ccc(OCC([OH2+])CI2CC2)cc1. The van der Waals surface area contributed by atoms with Crippen molar-refractivity contribution < 1.29 is 19.7 Å². The number of ether oxygens (including phenoxy) is 2. The fourth-order valence-electron chi connectivity index (χ4n) is 4.14. The van der Waals surface area contributed by atoms with Crippen molar-refractivity contribution in [3.63, 3.8) is 0 Å². The van der Waals surface area contributed by atoms with Crippen LogP contribution in [-0.2, 0) is 5.41 Å². The number of hydrogen-bond acceptors (Lipinski definition) is 5. The molecule has 2 aromatic rings. The van der Waals surface area contributed by atoms with Gasteiger partial charge in [-0.05, 0) is 0 Å². The molecule has 2 unspecified atom stereocenters. The first kappa shape index (κ1) is 26.1. The molecular formula is C27H39INO4S+.